The molecule has 3 N–H and O–H groups in total. The Labute approximate surface area is 191 Å². The summed E-state index contributed by atoms with van der Waals surface area (Å²) in [5.74, 6) is -1.26. The molecular formula is C21H31N5O5S. The highest BCUT2D eigenvalue weighted by molar-refractivity contribution is 8.03. The van der Waals surface area contributed by atoms with Crippen LogP contribution in [-0.4, -0.2) is 112 Å². The molecule has 176 valence electrons. The molecule has 11 heteroatoms. The van der Waals surface area contributed by atoms with Gasteiger partial charge < -0.3 is 30.2 Å². The highest BCUT2D eigenvalue weighted by Gasteiger charge is 2.60. The van der Waals surface area contributed by atoms with Crippen molar-refractivity contribution in [2.75, 3.05) is 40.3 Å². The van der Waals surface area contributed by atoms with Crippen LogP contribution in [0.3, 0.4) is 0 Å². The minimum absolute atomic E-state index is 0.0290. The average Bonchev–Trinajstić information content (AvgIpc) is 3.29. The predicted molar refractivity (Wildman–Crippen MR) is 120 cm³/mol. The topological polar surface area (TPSA) is 126 Å². The third-order valence-corrected chi connectivity index (χ3v) is 8.33. The fraction of sp³-hybridized carbons (Fsp3) is 0.714. The summed E-state index contributed by atoms with van der Waals surface area (Å²) in [6, 6.07) is -0.636. The van der Waals surface area contributed by atoms with Gasteiger partial charge in [0.15, 0.2) is 0 Å². The summed E-state index contributed by atoms with van der Waals surface area (Å²) in [5, 5.41) is 23.1. The summed E-state index contributed by atoms with van der Waals surface area (Å²) >= 11 is 1.45. The van der Waals surface area contributed by atoms with Crippen molar-refractivity contribution >= 4 is 35.4 Å². The summed E-state index contributed by atoms with van der Waals surface area (Å²) in [6.07, 6.45) is -0.225. The van der Waals surface area contributed by atoms with Crippen molar-refractivity contribution in [1.82, 2.24) is 20.0 Å². The number of aliphatic imine (C=N–C) groups is 1. The number of β-lactam (4-membered cyclic amide) rings is 1. The lowest BCUT2D eigenvalue weighted by molar-refractivity contribution is -0.163. The van der Waals surface area contributed by atoms with E-state index in [9.17, 15) is 24.6 Å². The lowest BCUT2D eigenvalue weighted by Crippen LogP contribution is -2.63. The number of hydrogen-bond donors (Lipinski definition) is 3. The number of aliphatic carboxylic acids is 1. The first-order valence-corrected chi connectivity index (χ1v) is 11.9. The van der Waals surface area contributed by atoms with Crippen molar-refractivity contribution in [3.8, 4) is 0 Å². The molecule has 0 radical (unpaired) electrons. The number of aliphatic hydroxyl groups is 1. The number of carbonyl (C=O) groups excluding carboxylic acids is 2. The number of aliphatic hydroxyl groups excluding tert-OH is 1. The Morgan fingerprint density at radius 1 is 1.34 bits per heavy atom. The van der Waals surface area contributed by atoms with E-state index in [0.29, 0.717) is 37.5 Å². The first kappa shape index (κ1) is 23.1. The molecule has 32 heavy (non-hydrogen) atoms. The number of nitrogens with one attached hydrogen (secondary N) is 1. The quantitative estimate of drug-likeness (QED) is 0.460. The van der Waals surface area contributed by atoms with Gasteiger partial charge in [0.2, 0.25) is 11.8 Å². The fourth-order valence-corrected chi connectivity index (χ4v) is 6.61. The first-order chi connectivity index (χ1) is 15.1. The van der Waals surface area contributed by atoms with E-state index in [4.69, 9.17) is 0 Å². The molecule has 6 atom stereocenters. The molecule has 0 aliphatic carbocycles. The van der Waals surface area contributed by atoms with Crippen LogP contribution in [0, 0.1) is 11.8 Å². The molecule has 10 nitrogen and oxygen atoms in total. The lowest BCUT2D eigenvalue weighted by atomic mass is 9.79. The molecule has 4 rings (SSSR count). The Kier molecular flexibility index (Phi) is 6.25. The van der Waals surface area contributed by atoms with Crippen molar-refractivity contribution < 1.29 is 24.6 Å². The van der Waals surface area contributed by atoms with Crippen LogP contribution in [0.15, 0.2) is 15.6 Å². The van der Waals surface area contributed by atoms with Crippen LogP contribution in [0.5, 0.6) is 0 Å². The minimum atomic E-state index is -1.12. The average molecular weight is 466 g/mol. The van der Waals surface area contributed by atoms with E-state index in [1.807, 2.05) is 30.8 Å². The van der Waals surface area contributed by atoms with E-state index >= 15 is 0 Å². The Balaban J connectivity index is 1.43. The molecule has 4 heterocycles. The SMILES string of the molecule is C[C@@H](O)[C@H]1C(=O)N2C(C(=O)O)=C(S[C@@H]3CN[C@H](C(=O)N4CCN=C(N(C)C)C4)C3)[C@H](C)[C@H]12. The van der Waals surface area contributed by atoms with Gasteiger partial charge in [-0.3, -0.25) is 14.6 Å². The molecule has 0 aromatic carbocycles. The van der Waals surface area contributed by atoms with Gasteiger partial charge in [0, 0.05) is 43.3 Å². The van der Waals surface area contributed by atoms with Crippen molar-refractivity contribution in [3.63, 3.8) is 0 Å². The zero-order chi connectivity index (χ0) is 23.3. The molecule has 4 aliphatic rings. The van der Waals surface area contributed by atoms with E-state index in [1.165, 1.54) is 16.7 Å². The van der Waals surface area contributed by atoms with Gasteiger partial charge in [-0.05, 0) is 13.3 Å². The van der Waals surface area contributed by atoms with Crippen LogP contribution < -0.4 is 5.32 Å². The Morgan fingerprint density at radius 3 is 2.69 bits per heavy atom. The fourth-order valence-electron chi connectivity index (χ4n) is 5.13. The zero-order valence-electron chi connectivity index (χ0n) is 18.8. The van der Waals surface area contributed by atoms with Crippen LogP contribution in [0.1, 0.15) is 20.3 Å². The zero-order valence-corrected chi connectivity index (χ0v) is 19.6. The molecule has 0 bridgehead atoms. The standard InChI is InChI=1S/C21H31N5O5S/c1-10-16-15(11(2)27)20(29)26(16)17(21(30)31)18(10)32-12-7-13(23-8-12)19(28)25-6-5-22-14(9-25)24(3)4/h10-13,15-16,23,27H,5-9H2,1-4H3,(H,30,31)/t10-,11-,12+,13+,15-,16-/m1/s1. The molecule has 0 aromatic heterocycles. The smallest absolute Gasteiger partial charge is 0.353 e. The van der Waals surface area contributed by atoms with Crippen LogP contribution in [0.25, 0.3) is 0 Å². The van der Waals surface area contributed by atoms with Gasteiger partial charge in [0.1, 0.15) is 11.5 Å². The summed E-state index contributed by atoms with van der Waals surface area (Å²) in [4.78, 5) is 47.8. The van der Waals surface area contributed by atoms with Gasteiger partial charge in [-0.15, -0.1) is 11.8 Å². The van der Waals surface area contributed by atoms with Crippen LogP contribution in [0.2, 0.25) is 0 Å². The largest absolute Gasteiger partial charge is 0.477 e. The number of carboxylic acids is 1. The lowest BCUT2D eigenvalue weighted by Gasteiger charge is -2.46. The summed E-state index contributed by atoms with van der Waals surface area (Å²) in [5.41, 5.74) is 0.0343. The second kappa shape index (κ2) is 8.68. The van der Waals surface area contributed by atoms with Gasteiger partial charge >= 0.3 is 5.97 Å². The van der Waals surface area contributed by atoms with Gasteiger partial charge in [0.05, 0.1) is 37.2 Å². The van der Waals surface area contributed by atoms with E-state index in [-0.39, 0.29) is 40.8 Å². The molecule has 2 fully saturated rings. The van der Waals surface area contributed by atoms with E-state index in [1.54, 1.807) is 6.92 Å². The summed E-state index contributed by atoms with van der Waals surface area (Å²) in [6.45, 7) is 5.75. The number of likely N-dealkylation sites (N-methyl/N-ethyl adjacent to an activating group) is 1. The predicted octanol–water partition coefficient (Wildman–Crippen LogP) is -0.594. The number of rotatable bonds is 5. The normalized spacial score (nSPS) is 33.1. The Hall–Kier alpha value is -2.11. The maximum absolute atomic E-state index is 13.1. The number of carboxylic acid groups (broad SMARTS) is 1. The third kappa shape index (κ3) is 3.80. The number of carbonyl (C=O) groups is 3. The second-order valence-electron chi connectivity index (χ2n) is 9.16. The third-order valence-electron chi connectivity index (χ3n) is 6.82. The highest BCUT2D eigenvalue weighted by atomic mass is 32.2. The molecule has 0 unspecified atom stereocenters. The number of hydrogen-bond acceptors (Lipinski definition) is 8. The number of nitrogens with zero attached hydrogens (tertiary/aromatic N) is 4. The Bertz CT molecular complexity index is 888. The van der Waals surface area contributed by atoms with Gasteiger partial charge in [-0.2, -0.15) is 0 Å². The van der Waals surface area contributed by atoms with Crippen molar-refractivity contribution in [1.29, 1.82) is 0 Å². The maximum atomic E-state index is 13.1. The number of amidine groups is 1. The Morgan fingerprint density at radius 2 is 2.06 bits per heavy atom. The number of fused-ring (bicyclic) bond motifs is 1. The summed E-state index contributed by atoms with van der Waals surface area (Å²) in [7, 11) is 3.83. The molecule has 0 aromatic rings. The molecule has 2 saturated heterocycles. The number of thioether (sulfide) groups is 1. The maximum Gasteiger partial charge on any atom is 0.353 e. The van der Waals surface area contributed by atoms with E-state index < -0.39 is 18.0 Å². The van der Waals surface area contributed by atoms with Crippen LogP contribution in [0.4, 0.5) is 0 Å². The molecule has 4 aliphatic heterocycles. The minimum Gasteiger partial charge on any atom is -0.477 e. The van der Waals surface area contributed by atoms with E-state index in [2.05, 4.69) is 10.3 Å². The summed E-state index contributed by atoms with van der Waals surface area (Å²) < 4.78 is 0. The molecular weight excluding hydrogens is 434 g/mol. The van der Waals surface area contributed by atoms with Gasteiger partial charge in [0.25, 0.3) is 0 Å². The van der Waals surface area contributed by atoms with Gasteiger partial charge in [-0.1, -0.05) is 6.92 Å². The van der Waals surface area contributed by atoms with Crippen LogP contribution >= 0.6 is 11.8 Å². The molecule has 0 saturated carbocycles. The molecule has 2 amide bonds. The number of amides is 2. The van der Waals surface area contributed by atoms with Crippen LogP contribution in [-0.2, 0) is 14.4 Å². The monoisotopic (exact) mass is 465 g/mol. The second-order valence-corrected chi connectivity index (χ2v) is 10.5. The highest BCUT2D eigenvalue weighted by Crippen LogP contribution is 2.51. The van der Waals surface area contributed by atoms with Crippen molar-refractivity contribution in [3.05, 3.63) is 10.6 Å². The first-order valence-electron chi connectivity index (χ1n) is 11.0. The van der Waals surface area contributed by atoms with Gasteiger partial charge in [-0.25, -0.2) is 4.79 Å². The van der Waals surface area contributed by atoms with Crippen molar-refractivity contribution in [2.24, 2.45) is 16.8 Å². The molecule has 0 spiro atoms. The van der Waals surface area contributed by atoms with E-state index in [0.717, 1.165) is 5.84 Å². The van der Waals surface area contributed by atoms with Crippen molar-refractivity contribution in [2.45, 2.75) is 43.7 Å².